The Kier molecular flexibility index (Phi) is 4.05. The van der Waals surface area contributed by atoms with Crippen LogP contribution in [-0.2, 0) is 10.0 Å². The summed E-state index contributed by atoms with van der Waals surface area (Å²) in [5, 5.41) is 3.18. The van der Waals surface area contributed by atoms with Gasteiger partial charge in [0.1, 0.15) is 5.82 Å². The number of benzene rings is 1. The van der Waals surface area contributed by atoms with Gasteiger partial charge in [-0.1, -0.05) is 0 Å². The van der Waals surface area contributed by atoms with Gasteiger partial charge >= 0.3 is 0 Å². The van der Waals surface area contributed by atoms with E-state index in [4.69, 9.17) is 0 Å². The Morgan fingerprint density at radius 3 is 2.83 bits per heavy atom. The molecule has 4 nitrogen and oxygen atoms in total. The minimum absolute atomic E-state index is 0.109. The highest BCUT2D eigenvalue weighted by atomic mass is 79.9. The summed E-state index contributed by atoms with van der Waals surface area (Å²) in [6.07, 6.45) is 0. The van der Waals surface area contributed by atoms with Gasteiger partial charge in [-0.3, -0.25) is 0 Å². The molecule has 1 fully saturated rings. The van der Waals surface area contributed by atoms with Crippen LogP contribution in [0.5, 0.6) is 0 Å². The molecule has 1 aromatic carbocycles. The van der Waals surface area contributed by atoms with E-state index in [0.29, 0.717) is 19.6 Å². The van der Waals surface area contributed by atoms with Crippen LogP contribution in [0.2, 0.25) is 0 Å². The number of hydrogen-bond acceptors (Lipinski definition) is 3. The van der Waals surface area contributed by atoms with Gasteiger partial charge in [-0.25, -0.2) is 12.8 Å². The second kappa shape index (κ2) is 5.24. The number of halogens is 2. The molecule has 1 aliphatic heterocycles. The summed E-state index contributed by atoms with van der Waals surface area (Å²) in [7, 11) is -3.56. The smallest absolute Gasteiger partial charge is 0.244 e. The van der Waals surface area contributed by atoms with Crippen molar-refractivity contribution in [3.05, 3.63) is 28.5 Å². The molecule has 0 unspecified atom stereocenters. The van der Waals surface area contributed by atoms with E-state index in [1.54, 1.807) is 0 Å². The van der Waals surface area contributed by atoms with Gasteiger partial charge in [0.15, 0.2) is 0 Å². The predicted molar refractivity (Wildman–Crippen MR) is 70.3 cm³/mol. The van der Waals surface area contributed by atoms with Gasteiger partial charge < -0.3 is 5.32 Å². The average Bonchev–Trinajstić information content (AvgIpc) is 2.28. The third-order valence-corrected chi connectivity index (χ3v) is 5.69. The molecule has 0 radical (unpaired) electrons. The lowest BCUT2D eigenvalue weighted by Gasteiger charge is -2.31. The number of piperazine rings is 1. The van der Waals surface area contributed by atoms with Gasteiger partial charge in [-0.15, -0.1) is 0 Å². The molecule has 2 rings (SSSR count). The largest absolute Gasteiger partial charge is 0.312 e. The van der Waals surface area contributed by atoms with Crippen LogP contribution in [0.4, 0.5) is 4.39 Å². The Labute approximate surface area is 114 Å². The molecule has 0 amide bonds. The van der Waals surface area contributed by atoms with Gasteiger partial charge in [0.05, 0.1) is 4.90 Å². The fraction of sp³-hybridized carbons (Fsp3) is 0.455. The zero-order valence-electron chi connectivity index (χ0n) is 9.86. The number of sulfonamides is 1. The van der Waals surface area contributed by atoms with E-state index in [1.165, 1.54) is 16.4 Å². The molecule has 100 valence electrons. The van der Waals surface area contributed by atoms with Crippen molar-refractivity contribution in [1.29, 1.82) is 0 Å². The lowest BCUT2D eigenvalue weighted by atomic mass is 10.3. The SMILES string of the molecule is C[C@@H]1CN(S(=O)(=O)c2ccc(F)cc2Br)CCN1. The number of rotatable bonds is 2. The molecule has 1 aromatic rings. The van der Waals surface area contributed by atoms with Crippen LogP contribution in [0.25, 0.3) is 0 Å². The van der Waals surface area contributed by atoms with Crippen LogP contribution >= 0.6 is 15.9 Å². The molecule has 1 heterocycles. The van der Waals surface area contributed by atoms with E-state index in [9.17, 15) is 12.8 Å². The van der Waals surface area contributed by atoms with Gasteiger partial charge in [0.2, 0.25) is 10.0 Å². The van der Waals surface area contributed by atoms with Crippen molar-refractivity contribution in [3.63, 3.8) is 0 Å². The standard InChI is InChI=1S/C11H14BrFN2O2S/c1-8-7-15(5-4-14-8)18(16,17)11-3-2-9(13)6-10(11)12/h2-3,6,8,14H,4-5,7H2,1H3/t8-/m1/s1. The van der Waals surface area contributed by atoms with Gasteiger partial charge in [-0.05, 0) is 41.1 Å². The Bertz CT molecular complexity index is 550. The highest BCUT2D eigenvalue weighted by Gasteiger charge is 2.29. The fourth-order valence-corrected chi connectivity index (χ4v) is 4.48. The highest BCUT2D eigenvalue weighted by Crippen LogP contribution is 2.26. The van der Waals surface area contributed by atoms with Crippen LogP contribution in [0.3, 0.4) is 0 Å². The molecular weight excluding hydrogens is 323 g/mol. The summed E-state index contributed by atoms with van der Waals surface area (Å²) in [6, 6.07) is 3.73. The van der Waals surface area contributed by atoms with Gasteiger partial charge in [-0.2, -0.15) is 4.31 Å². The van der Waals surface area contributed by atoms with Crippen LogP contribution in [-0.4, -0.2) is 38.4 Å². The first-order valence-electron chi connectivity index (χ1n) is 5.60. The van der Waals surface area contributed by atoms with Crippen LogP contribution in [0, 0.1) is 5.82 Å². The quantitative estimate of drug-likeness (QED) is 0.891. The maximum absolute atomic E-state index is 13.0. The van der Waals surface area contributed by atoms with Crippen molar-refractivity contribution in [1.82, 2.24) is 9.62 Å². The normalized spacial score (nSPS) is 22.1. The summed E-state index contributed by atoms with van der Waals surface area (Å²) < 4.78 is 39.5. The molecule has 7 heteroatoms. The third kappa shape index (κ3) is 2.74. The second-order valence-electron chi connectivity index (χ2n) is 4.29. The zero-order chi connectivity index (χ0) is 13.3. The van der Waals surface area contributed by atoms with Crippen molar-refractivity contribution >= 4 is 26.0 Å². The van der Waals surface area contributed by atoms with E-state index >= 15 is 0 Å². The summed E-state index contributed by atoms with van der Waals surface area (Å²) in [5.74, 6) is -0.463. The van der Waals surface area contributed by atoms with Crippen LogP contribution in [0.15, 0.2) is 27.6 Å². The van der Waals surface area contributed by atoms with Crippen molar-refractivity contribution in [2.45, 2.75) is 17.9 Å². The van der Waals surface area contributed by atoms with Crippen molar-refractivity contribution in [3.8, 4) is 0 Å². The minimum atomic E-state index is -3.56. The van der Waals surface area contributed by atoms with Crippen LogP contribution < -0.4 is 5.32 Å². The molecule has 1 N–H and O–H groups in total. The monoisotopic (exact) mass is 336 g/mol. The molecule has 0 spiro atoms. The van der Waals surface area contributed by atoms with Gasteiger partial charge in [0, 0.05) is 30.1 Å². The van der Waals surface area contributed by atoms with Gasteiger partial charge in [0.25, 0.3) is 0 Å². The molecule has 1 atom stereocenters. The first kappa shape index (κ1) is 13.9. The third-order valence-electron chi connectivity index (χ3n) is 2.84. The molecule has 0 saturated carbocycles. The van der Waals surface area contributed by atoms with E-state index < -0.39 is 15.8 Å². The maximum atomic E-state index is 13.0. The van der Waals surface area contributed by atoms with E-state index in [1.807, 2.05) is 6.92 Å². The summed E-state index contributed by atoms with van der Waals surface area (Å²) in [4.78, 5) is 0.109. The Balaban J connectivity index is 2.35. The topological polar surface area (TPSA) is 49.4 Å². The molecule has 1 aliphatic rings. The lowest BCUT2D eigenvalue weighted by Crippen LogP contribution is -2.51. The zero-order valence-corrected chi connectivity index (χ0v) is 12.3. The number of nitrogens with one attached hydrogen (secondary N) is 1. The minimum Gasteiger partial charge on any atom is -0.312 e. The first-order valence-corrected chi connectivity index (χ1v) is 7.83. The van der Waals surface area contributed by atoms with Crippen molar-refractivity contribution in [2.24, 2.45) is 0 Å². The maximum Gasteiger partial charge on any atom is 0.244 e. The Morgan fingerprint density at radius 1 is 1.50 bits per heavy atom. The fourth-order valence-electron chi connectivity index (χ4n) is 1.94. The van der Waals surface area contributed by atoms with E-state index in [-0.39, 0.29) is 15.4 Å². The average molecular weight is 337 g/mol. The van der Waals surface area contributed by atoms with Crippen molar-refractivity contribution in [2.75, 3.05) is 19.6 Å². The Morgan fingerprint density at radius 2 is 2.22 bits per heavy atom. The molecule has 18 heavy (non-hydrogen) atoms. The molecule has 1 saturated heterocycles. The highest BCUT2D eigenvalue weighted by molar-refractivity contribution is 9.10. The Hall–Kier alpha value is -0.500. The molecule has 0 aliphatic carbocycles. The molecule has 0 aromatic heterocycles. The molecular formula is C11H14BrFN2O2S. The molecule has 0 bridgehead atoms. The van der Waals surface area contributed by atoms with E-state index in [0.717, 1.165) is 6.07 Å². The summed E-state index contributed by atoms with van der Waals surface area (Å²) in [5.41, 5.74) is 0. The van der Waals surface area contributed by atoms with Crippen molar-refractivity contribution < 1.29 is 12.8 Å². The second-order valence-corrected chi connectivity index (χ2v) is 7.05. The van der Waals surface area contributed by atoms with Crippen LogP contribution in [0.1, 0.15) is 6.92 Å². The number of nitrogens with zero attached hydrogens (tertiary/aromatic N) is 1. The predicted octanol–water partition coefficient (Wildman–Crippen LogP) is 1.57. The summed E-state index contributed by atoms with van der Waals surface area (Å²) >= 11 is 3.10. The van der Waals surface area contributed by atoms with E-state index in [2.05, 4.69) is 21.2 Å². The summed E-state index contributed by atoms with van der Waals surface area (Å²) in [6.45, 7) is 3.41. The first-order chi connectivity index (χ1) is 8.41. The number of hydrogen-bond donors (Lipinski definition) is 1. The lowest BCUT2D eigenvalue weighted by molar-refractivity contribution is 0.310.